The predicted molar refractivity (Wildman–Crippen MR) is 400 cm³/mol. The molecule has 7 saturated heterocycles. The number of aromatic nitrogens is 3. The Morgan fingerprint density at radius 3 is 1.43 bits per heavy atom. The zero-order valence-electron chi connectivity index (χ0n) is 64.1. The van der Waals surface area contributed by atoms with Crippen LogP contribution in [-0.4, -0.2) is 232 Å². The van der Waals surface area contributed by atoms with Crippen LogP contribution in [0.25, 0.3) is 10.9 Å². The summed E-state index contributed by atoms with van der Waals surface area (Å²) in [6, 6.07) is 24.2. The van der Waals surface area contributed by atoms with Crippen molar-refractivity contribution in [3.05, 3.63) is 89.8 Å². The van der Waals surface area contributed by atoms with Crippen LogP contribution in [0.3, 0.4) is 0 Å². The fraction of sp³-hybridized carbons (Fsp3) is 0.675. The Bertz CT molecular complexity index is 3260. The van der Waals surface area contributed by atoms with Crippen molar-refractivity contribution in [1.29, 1.82) is 0 Å². The number of ketones is 7. The van der Waals surface area contributed by atoms with Crippen LogP contribution in [0.1, 0.15) is 185 Å². The maximum atomic E-state index is 11.5. The molecule has 16 unspecified atom stereocenters. The number of nitrogens with zero attached hydrogens (tertiary/aromatic N) is 10. The average Bonchev–Trinajstić information content (AvgIpc) is 1.15. The lowest BCUT2D eigenvalue weighted by atomic mass is 9.83. The van der Waals surface area contributed by atoms with Gasteiger partial charge in [0.05, 0.1) is 58.2 Å². The highest BCUT2D eigenvalue weighted by Crippen LogP contribution is 2.38. The third-order valence-corrected chi connectivity index (χ3v) is 23.3. The summed E-state index contributed by atoms with van der Waals surface area (Å²) in [5.74, 6) is 6.41. The van der Waals surface area contributed by atoms with Crippen LogP contribution in [0.4, 0.5) is 0 Å². The minimum atomic E-state index is -0.0481. The first-order valence-electron chi connectivity index (χ1n) is 37.0. The van der Waals surface area contributed by atoms with Gasteiger partial charge < -0.3 is 9.47 Å². The van der Waals surface area contributed by atoms with Crippen LogP contribution in [-0.2, 0) is 33.6 Å². The molecule has 100 heavy (non-hydrogen) atoms. The molecule has 7 aliphatic heterocycles. The van der Waals surface area contributed by atoms with Crippen molar-refractivity contribution in [1.82, 2.24) is 49.3 Å². The molecule has 8 fully saturated rings. The van der Waals surface area contributed by atoms with Gasteiger partial charge >= 0.3 is 0 Å². The summed E-state index contributed by atoms with van der Waals surface area (Å²) in [5.41, 5.74) is 2.19. The van der Waals surface area contributed by atoms with E-state index in [1.807, 2.05) is 68.3 Å². The minimum Gasteiger partial charge on any atom is -0.473 e. The van der Waals surface area contributed by atoms with E-state index in [2.05, 4.69) is 119 Å². The number of pyridine rings is 1. The lowest BCUT2D eigenvalue weighted by Crippen LogP contribution is -2.40. The summed E-state index contributed by atoms with van der Waals surface area (Å²) < 4.78 is 11.7. The predicted octanol–water partition coefficient (Wildman–Crippen LogP) is 12.2. The molecular weight excluding hydrogens is 1280 g/mol. The minimum absolute atomic E-state index is 0.00722. The van der Waals surface area contributed by atoms with E-state index in [1.165, 1.54) is 63.3 Å². The Labute approximate surface area is 604 Å². The lowest BCUT2D eigenvalue weighted by Gasteiger charge is -2.33. The molecular formula is C80H123ClN10O9. The first kappa shape index (κ1) is 83.2. The van der Waals surface area contributed by atoms with E-state index in [1.54, 1.807) is 66.8 Å². The molecule has 1 saturated carbocycles. The van der Waals surface area contributed by atoms with E-state index in [4.69, 9.17) is 21.1 Å². The molecule has 0 N–H and O–H groups in total. The maximum Gasteiger partial charge on any atom is 0.224 e. The molecule has 20 heteroatoms. The van der Waals surface area contributed by atoms with Gasteiger partial charge in [-0.1, -0.05) is 107 Å². The number of fused-ring (bicyclic) bond motifs is 1. The third-order valence-electron chi connectivity index (χ3n) is 23.1. The van der Waals surface area contributed by atoms with Gasteiger partial charge in [-0.05, 0) is 209 Å². The van der Waals surface area contributed by atoms with E-state index in [-0.39, 0.29) is 71.9 Å². The van der Waals surface area contributed by atoms with Crippen molar-refractivity contribution in [2.45, 2.75) is 246 Å². The SMILES string of the molecule is CC(=O)C1C(C)C(C)CN1C.CC(=O)C1CC(Oc2ccc(Cl)cn2)CN1C.CC(=O)C1CC(Oc2ncnc3ccccc23)CN1C.CC(=O)C1CCC(C)N1C.CC(=O)C1CCC(C2CCCCC2)N1C.CC(=O)C1CCC(c2ccccc2)N1C.CCC1CN(C)C(C(C)=O)C1C. The zero-order valence-corrected chi connectivity index (χ0v) is 64.8. The number of halogens is 1. The number of benzene rings is 2. The van der Waals surface area contributed by atoms with Crippen LogP contribution in [0.5, 0.6) is 11.8 Å². The smallest absolute Gasteiger partial charge is 0.224 e. The van der Waals surface area contributed by atoms with Crippen molar-refractivity contribution in [2.24, 2.45) is 29.6 Å². The van der Waals surface area contributed by atoms with Gasteiger partial charge in [0.2, 0.25) is 11.8 Å². The molecule has 12 rings (SSSR count). The number of para-hydroxylation sites is 1. The zero-order chi connectivity index (χ0) is 73.8. The number of hydrogen-bond acceptors (Lipinski definition) is 19. The topological polar surface area (TPSA) is 199 Å². The molecule has 0 radical (unpaired) electrons. The molecule has 0 amide bonds. The summed E-state index contributed by atoms with van der Waals surface area (Å²) >= 11 is 5.75. The first-order chi connectivity index (χ1) is 47.3. The Morgan fingerprint density at radius 2 is 0.990 bits per heavy atom. The summed E-state index contributed by atoms with van der Waals surface area (Å²) in [6.45, 7) is 26.3. The quantitative estimate of drug-likeness (QED) is 0.115. The summed E-state index contributed by atoms with van der Waals surface area (Å²) in [4.78, 5) is 107. The van der Waals surface area contributed by atoms with Gasteiger partial charge in [0.15, 0.2) is 0 Å². The fourth-order valence-corrected chi connectivity index (χ4v) is 17.2. The lowest BCUT2D eigenvalue weighted by molar-refractivity contribution is -0.122. The molecule has 0 spiro atoms. The van der Waals surface area contributed by atoms with Crippen LogP contribution in [0, 0.1) is 29.6 Å². The number of rotatable bonds is 14. The van der Waals surface area contributed by atoms with E-state index < -0.39 is 0 Å². The molecule has 16 atom stereocenters. The first-order valence-corrected chi connectivity index (χ1v) is 37.4. The van der Waals surface area contributed by atoms with Gasteiger partial charge in [0, 0.05) is 69.4 Å². The highest BCUT2D eigenvalue weighted by molar-refractivity contribution is 6.30. The summed E-state index contributed by atoms with van der Waals surface area (Å²) in [6.07, 6.45) is 19.3. The largest absolute Gasteiger partial charge is 0.473 e. The standard InChI is InChI=1S/C15H17N3O2.C13H23NO.C13H17NO.C12H15ClN2O2.C10H19NO.C9H17NO.C8H15NO/c1-10(19)14-7-11(8-18(14)2)20-15-12-5-3-4-6-13(12)16-9-17-15;2*1-10(15)12-8-9-13(14(12)2)11-6-4-3-5-7-11;1-8(16)11-5-10(7-15(11)2)17-12-4-3-9(13)6-14-12;1-5-9-6-11(4)10(7(9)2)8(3)12;1-6-5-10(4)9(7(6)2)8(3)11;1-6-4-5-8(7(2)10)9(6)3/h3-6,9,11,14H,7-8H2,1-2H3;11-13H,3-9H2,1-2H3;3-7,12-13H,8-9H2,1-2H3;3-4,6,10-11H,5,7H2,1-2H3;7,9-10H,5-6H2,1-4H3;6-7,9H,5H2,1-4H3;6,8H,4-5H2,1-3H3. The van der Waals surface area contributed by atoms with Gasteiger partial charge in [-0.2, -0.15) is 0 Å². The second-order valence-corrected chi connectivity index (χ2v) is 30.7. The molecule has 4 aromatic rings. The maximum absolute atomic E-state index is 11.5. The fourth-order valence-electron chi connectivity index (χ4n) is 17.1. The second kappa shape index (κ2) is 39.8. The summed E-state index contributed by atoms with van der Waals surface area (Å²) in [5, 5.41) is 1.49. The van der Waals surface area contributed by atoms with Crippen LogP contribution in [0.2, 0.25) is 5.02 Å². The van der Waals surface area contributed by atoms with Gasteiger partial charge in [-0.3, -0.25) is 67.9 Å². The number of Topliss-reactive ketones (excluding diaryl/α,β-unsaturated/α-hetero) is 7. The molecule has 1 aliphatic carbocycles. The monoisotopic (exact) mass is 1400 g/mol. The highest BCUT2D eigenvalue weighted by Gasteiger charge is 2.41. The number of likely N-dealkylation sites (N-methyl/N-ethyl adjacent to an activating group) is 7. The van der Waals surface area contributed by atoms with E-state index in [0.29, 0.717) is 88.1 Å². The van der Waals surface area contributed by atoms with Crippen molar-refractivity contribution in [2.75, 3.05) is 75.5 Å². The number of carbonyl (C=O) groups is 7. The number of likely N-dealkylation sites (tertiary alicyclic amines) is 7. The van der Waals surface area contributed by atoms with Gasteiger partial charge in [-0.15, -0.1) is 0 Å². The summed E-state index contributed by atoms with van der Waals surface area (Å²) in [7, 11) is 14.2. The molecule has 9 heterocycles. The van der Waals surface area contributed by atoms with Crippen molar-refractivity contribution in [3.63, 3.8) is 0 Å². The van der Waals surface area contributed by atoms with Crippen LogP contribution < -0.4 is 9.47 Å². The number of ether oxygens (including phenoxy) is 2. The van der Waals surface area contributed by atoms with Crippen LogP contribution in [0.15, 0.2) is 79.3 Å². The normalized spacial score (nSPS) is 30.3. The second-order valence-electron chi connectivity index (χ2n) is 30.3. The van der Waals surface area contributed by atoms with E-state index in [0.717, 1.165) is 75.1 Å². The molecule has 2 aromatic carbocycles. The Balaban J connectivity index is 0.000000186. The Kier molecular flexibility index (Phi) is 33.1. The molecule has 0 bridgehead atoms. The van der Waals surface area contributed by atoms with Gasteiger partial charge in [0.25, 0.3) is 0 Å². The van der Waals surface area contributed by atoms with Crippen molar-refractivity contribution >= 4 is 63.0 Å². The van der Waals surface area contributed by atoms with Gasteiger partial charge in [-0.25, -0.2) is 15.0 Å². The Morgan fingerprint density at radius 1 is 0.480 bits per heavy atom. The number of carbonyl (C=O) groups excluding carboxylic acids is 7. The van der Waals surface area contributed by atoms with E-state index >= 15 is 0 Å². The highest BCUT2D eigenvalue weighted by atomic mass is 35.5. The molecule has 8 aliphatic rings. The van der Waals surface area contributed by atoms with E-state index in [9.17, 15) is 33.6 Å². The van der Waals surface area contributed by atoms with Gasteiger partial charge in [0.1, 0.15) is 59.0 Å². The van der Waals surface area contributed by atoms with Crippen LogP contribution >= 0.6 is 11.6 Å². The third kappa shape index (κ3) is 23.1. The Hall–Kier alpha value is -5.77. The van der Waals surface area contributed by atoms with Crippen molar-refractivity contribution < 1.29 is 43.0 Å². The molecule has 554 valence electrons. The molecule has 2 aromatic heterocycles. The average molecular weight is 1400 g/mol. The molecule has 19 nitrogen and oxygen atoms in total. The number of hydrogen-bond donors (Lipinski definition) is 0. The van der Waals surface area contributed by atoms with Crippen molar-refractivity contribution in [3.8, 4) is 11.8 Å².